The Hall–Kier alpha value is -2.61. The molecule has 1 aromatic rings. The van der Waals surface area contributed by atoms with Crippen LogP contribution in [0.15, 0.2) is 29.3 Å². The highest BCUT2D eigenvalue weighted by Gasteiger charge is 2.49. The van der Waals surface area contributed by atoms with E-state index in [2.05, 4.69) is 65.1 Å². The standard InChI is InChI=1S/C23H34N6O2/c1-16(2)9-10-29-19-20(26(4)23(31)25-21(19)30)24-22(29)28-13-11-27(12-14-28)15-18-7-5-17(3)6-8-18/h5-8,16,19-20H,9-15H2,1-4H3,(H,25,30,31). The van der Waals surface area contributed by atoms with Crippen LogP contribution in [0.4, 0.5) is 4.79 Å². The van der Waals surface area contributed by atoms with E-state index in [1.165, 1.54) is 11.1 Å². The van der Waals surface area contributed by atoms with Gasteiger partial charge in [-0.2, -0.15) is 0 Å². The summed E-state index contributed by atoms with van der Waals surface area (Å²) in [7, 11) is 1.71. The normalized spacial score (nSPS) is 24.5. The number of nitrogens with zero attached hydrogens (tertiary/aromatic N) is 5. The van der Waals surface area contributed by atoms with Gasteiger partial charge in [-0.1, -0.05) is 43.7 Å². The number of urea groups is 1. The number of guanidine groups is 1. The molecule has 3 aliphatic heterocycles. The number of aliphatic imine (C=N–C) groups is 1. The summed E-state index contributed by atoms with van der Waals surface area (Å²) in [4.78, 5) is 38.1. The highest BCUT2D eigenvalue weighted by atomic mass is 16.2. The Morgan fingerprint density at radius 3 is 2.42 bits per heavy atom. The minimum atomic E-state index is -0.450. The van der Waals surface area contributed by atoms with Crippen molar-refractivity contribution < 1.29 is 9.59 Å². The molecule has 168 valence electrons. The van der Waals surface area contributed by atoms with Crippen LogP contribution in [0.25, 0.3) is 0 Å². The molecule has 1 N–H and O–H groups in total. The Labute approximate surface area is 184 Å². The Bertz CT molecular complexity index is 844. The van der Waals surface area contributed by atoms with Gasteiger partial charge >= 0.3 is 6.03 Å². The van der Waals surface area contributed by atoms with Crippen LogP contribution in [-0.2, 0) is 11.3 Å². The van der Waals surface area contributed by atoms with Crippen molar-refractivity contribution in [1.29, 1.82) is 0 Å². The molecular weight excluding hydrogens is 392 g/mol. The number of benzene rings is 1. The molecule has 3 amide bonds. The molecule has 0 spiro atoms. The maximum absolute atomic E-state index is 12.7. The van der Waals surface area contributed by atoms with Crippen LogP contribution in [0.2, 0.25) is 0 Å². The van der Waals surface area contributed by atoms with Crippen LogP contribution >= 0.6 is 0 Å². The van der Waals surface area contributed by atoms with Crippen molar-refractivity contribution in [2.45, 2.75) is 45.9 Å². The fourth-order valence-corrected chi connectivity index (χ4v) is 4.47. The summed E-state index contributed by atoms with van der Waals surface area (Å²) in [6, 6.07) is 7.91. The first-order valence-electron chi connectivity index (χ1n) is 11.3. The van der Waals surface area contributed by atoms with Crippen LogP contribution in [-0.4, -0.2) is 89.5 Å². The second-order valence-corrected chi connectivity index (χ2v) is 9.32. The third kappa shape index (κ3) is 4.54. The van der Waals surface area contributed by atoms with E-state index in [1.54, 1.807) is 11.9 Å². The lowest BCUT2D eigenvalue weighted by Crippen LogP contribution is -2.64. The average molecular weight is 427 g/mol. The molecule has 8 heteroatoms. The Balaban J connectivity index is 1.45. The van der Waals surface area contributed by atoms with Crippen molar-refractivity contribution in [3.63, 3.8) is 0 Å². The smallest absolute Gasteiger partial charge is 0.325 e. The van der Waals surface area contributed by atoms with Crippen molar-refractivity contribution in [3.05, 3.63) is 35.4 Å². The lowest BCUT2D eigenvalue weighted by Gasteiger charge is -2.40. The number of carbonyl (C=O) groups excluding carboxylic acids is 2. The summed E-state index contributed by atoms with van der Waals surface area (Å²) < 4.78 is 0. The summed E-state index contributed by atoms with van der Waals surface area (Å²) in [5.41, 5.74) is 2.61. The molecule has 3 aliphatic rings. The summed E-state index contributed by atoms with van der Waals surface area (Å²) in [6.07, 6.45) is 0.523. The number of fused-ring (bicyclic) bond motifs is 1. The van der Waals surface area contributed by atoms with E-state index in [0.29, 0.717) is 5.92 Å². The molecule has 2 atom stereocenters. The molecule has 2 unspecified atom stereocenters. The average Bonchev–Trinajstić information content (AvgIpc) is 3.13. The molecule has 0 aliphatic carbocycles. The molecule has 2 fully saturated rings. The largest absolute Gasteiger partial charge is 0.340 e. The van der Waals surface area contributed by atoms with E-state index in [0.717, 1.165) is 51.6 Å². The molecule has 1 aromatic carbocycles. The van der Waals surface area contributed by atoms with Gasteiger partial charge in [-0.25, -0.2) is 9.79 Å². The Morgan fingerprint density at radius 2 is 1.77 bits per heavy atom. The highest BCUT2D eigenvalue weighted by molar-refractivity contribution is 6.03. The Morgan fingerprint density at radius 1 is 1.10 bits per heavy atom. The minimum absolute atomic E-state index is 0.242. The monoisotopic (exact) mass is 426 g/mol. The second-order valence-electron chi connectivity index (χ2n) is 9.32. The summed E-state index contributed by atoms with van der Waals surface area (Å²) in [5.74, 6) is 1.15. The van der Waals surface area contributed by atoms with Crippen molar-refractivity contribution in [2.75, 3.05) is 39.8 Å². The van der Waals surface area contributed by atoms with Crippen molar-refractivity contribution in [1.82, 2.24) is 24.9 Å². The first-order valence-corrected chi connectivity index (χ1v) is 11.3. The number of hydrogen-bond donors (Lipinski definition) is 1. The molecule has 2 saturated heterocycles. The van der Waals surface area contributed by atoms with Gasteiger partial charge in [0.05, 0.1) is 0 Å². The summed E-state index contributed by atoms with van der Waals surface area (Å²) in [5, 5.41) is 2.49. The molecule has 0 bridgehead atoms. The predicted molar refractivity (Wildman–Crippen MR) is 121 cm³/mol. The van der Waals surface area contributed by atoms with E-state index in [-0.39, 0.29) is 11.9 Å². The maximum atomic E-state index is 12.7. The van der Waals surface area contributed by atoms with Gasteiger partial charge in [0.15, 0.2) is 18.2 Å². The fourth-order valence-electron chi connectivity index (χ4n) is 4.47. The van der Waals surface area contributed by atoms with E-state index in [9.17, 15) is 9.59 Å². The highest BCUT2D eigenvalue weighted by Crippen LogP contribution is 2.27. The van der Waals surface area contributed by atoms with Gasteiger partial charge in [-0.3, -0.25) is 15.0 Å². The first kappa shape index (κ1) is 21.6. The predicted octanol–water partition coefficient (Wildman–Crippen LogP) is 1.71. The number of likely N-dealkylation sites (N-methyl/N-ethyl adjacent to an activating group) is 1. The molecule has 8 nitrogen and oxygen atoms in total. The van der Waals surface area contributed by atoms with Gasteiger partial charge in [-0.15, -0.1) is 0 Å². The first-order chi connectivity index (χ1) is 14.8. The number of imide groups is 1. The van der Waals surface area contributed by atoms with Gasteiger partial charge in [-0.05, 0) is 24.8 Å². The lowest BCUT2D eigenvalue weighted by molar-refractivity contribution is -0.127. The van der Waals surface area contributed by atoms with Crippen molar-refractivity contribution >= 4 is 17.9 Å². The zero-order valence-electron chi connectivity index (χ0n) is 19.0. The van der Waals surface area contributed by atoms with Crippen LogP contribution in [0.5, 0.6) is 0 Å². The van der Waals surface area contributed by atoms with Gasteiger partial charge in [0.1, 0.15) is 0 Å². The fraction of sp³-hybridized carbons (Fsp3) is 0.609. The third-order valence-corrected chi connectivity index (χ3v) is 6.47. The topological polar surface area (TPSA) is 71.5 Å². The van der Waals surface area contributed by atoms with Crippen molar-refractivity contribution in [2.24, 2.45) is 10.9 Å². The zero-order valence-corrected chi connectivity index (χ0v) is 19.0. The van der Waals surface area contributed by atoms with E-state index in [4.69, 9.17) is 4.99 Å². The number of rotatable bonds is 5. The number of hydrogen-bond acceptors (Lipinski definition) is 6. The van der Waals surface area contributed by atoms with E-state index < -0.39 is 12.2 Å². The van der Waals surface area contributed by atoms with E-state index in [1.807, 2.05) is 0 Å². The van der Waals surface area contributed by atoms with Gasteiger partial charge in [0.25, 0.3) is 5.91 Å². The molecule has 3 heterocycles. The molecule has 0 saturated carbocycles. The van der Waals surface area contributed by atoms with Gasteiger partial charge in [0, 0.05) is 46.3 Å². The quantitative estimate of drug-likeness (QED) is 0.776. The molecular formula is C23H34N6O2. The van der Waals surface area contributed by atoms with Crippen LogP contribution in [0, 0.1) is 12.8 Å². The number of nitrogens with one attached hydrogen (secondary N) is 1. The minimum Gasteiger partial charge on any atom is -0.340 e. The molecule has 31 heavy (non-hydrogen) atoms. The lowest BCUT2D eigenvalue weighted by atomic mass is 10.1. The van der Waals surface area contributed by atoms with Crippen LogP contribution in [0.3, 0.4) is 0 Å². The number of amides is 3. The summed E-state index contributed by atoms with van der Waals surface area (Å²) >= 11 is 0. The van der Waals surface area contributed by atoms with Crippen LogP contribution in [0.1, 0.15) is 31.4 Å². The summed E-state index contributed by atoms with van der Waals surface area (Å²) in [6.45, 7) is 11.8. The maximum Gasteiger partial charge on any atom is 0.325 e. The van der Waals surface area contributed by atoms with Crippen LogP contribution < -0.4 is 5.32 Å². The van der Waals surface area contributed by atoms with Gasteiger partial charge < -0.3 is 14.7 Å². The molecule has 0 radical (unpaired) electrons. The van der Waals surface area contributed by atoms with Crippen molar-refractivity contribution in [3.8, 4) is 0 Å². The SMILES string of the molecule is Cc1ccc(CN2CCN(C3=NC4C(C(=O)NC(=O)N4C)N3CCC(C)C)CC2)cc1. The number of aryl methyl sites for hydroxylation is 1. The number of carbonyl (C=O) groups is 2. The van der Waals surface area contributed by atoms with Gasteiger partial charge in [0.2, 0.25) is 0 Å². The Kier molecular flexibility index (Phi) is 6.18. The number of piperazine rings is 1. The third-order valence-electron chi connectivity index (χ3n) is 6.47. The second kappa shape index (κ2) is 8.86. The zero-order chi connectivity index (χ0) is 22.1. The molecule has 0 aromatic heterocycles. The molecule has 4 rings (SSSR count). The van der Waals surface area contributed by atoms with E-state index >= 15 is 0 Å².